The number of fused-ring (bicyclic) bond motifs is 2. The van der Waals surface area contributed by atoms with Gasteiger partial charge in [-0.25, -0.2) is 0 Å². The Morgan fingerprint density at radius 2 is 1.92 bits per heavy atom. The van der Waals surface area contributed by atoms with Crippen LogP contribution >= 0.6 is 0 Å². The van der Waals surface area contributed by atoms with Crippen molar-refractivity contribution >= 4 is 17.5 Å². The summed E-state index contributed by atoms with van der Waals surface area (Å²) in [6.07, 6.45) is 1.60. The fourth-order valence-corrected chi connectivity index (χ4v) is 4.83. The predicted molar refractivity (Wildman–Crippen MR) is 138 cm³/mol. The number of amides is 2. The molecule has 198 valence electrons. The molecule has 2 aromatic rings. The minimum atomic E-state index is -0.349. The zero-order chi connectivity index (χ0) is 26.1. The number of likely N-dealkylation sites (N-methyl/N-ethyl adjacent to an activating group) is 1. The Balaban J connectivity index is 1.36. The van der Waals surface area contributed by atoms with E-state index in [0.29, 0.717) is 36.6 Å². The van der Waals surface area contributed by atoms with Crippen LogP contribution in [0.5, 0.6) is 17.2 Å². The number of carbonyl (C=O) groups excluding carboxylic acids is 2. The van der Waals surface area contributed by atoms with Gasteiger partial charge in [-0.05, 0) is 62.7 Å². The fourth-order valence-electron chi connectivity index (χ4n) is 4.83. The molecule has 9 heteroatoms. The first-order chi connectivity index (χ1) is 17.8. The van der Waals surface area contributed by atoms with Gasteiger partial charge in [0.2, 0.25) is 12.7 Å². The Bertz CT molecular complexity index is 1170. The van der Waals surface area contributed by atoms with Gasteiger partial charge in [-0.3, -0.25) is 14.5 Å². The number of aliphatic hydroxyl groups excluding tert-OH is 1. The zero-order valence-electron chi connectivity index (χ0n) is 21.6. The molecule has 2 aromatic carbocycles. The molecule has 9 nitrogen and oxygen atoms in total. The van der Waals surface area contributed by atoms with E-state index in [0.717, 1.165) is 29.9 Å². The highest BCUT2D eigenvalue weighted by molar-refractivity contribution is 6.00. The van der Waals surface area contributed by atoms with Crippen LogP contribution in [-0.4, -0.2) is 72.4 Å². The SMILES string of the molecule is C[C@@H]1CN([C@@H](C)CO)C(=O)c2cc(NC(=O)C3CC3)ccc2O[C@H]1CN(C)Cc1ccc2c(c1)OCO2. The van der Waals surface area contributed by atoms with Crippen molar-refractivity contribution in [3.63, 3.8) is 0 Å². The monoisotopic (exact) mass is 509 g/mol. The molecule has 0 radical (unpaired) electrons. The first-order valence-corrected chi connectivity index (χ1v) is 12.9. The van der Waals surface area contributed by atoms with Gasteiger partial charge in [0.15, 0.2) is 11.5 Å². The van der Waals surface area contributed by atoms with E-state index in [1.807, 2.05) is 32.2 Å². The predicted octanol–water partition coefficient (Wildman–Crippen LogP) is 3.12. The molecule has 0 saturated heterocycles. The van der Waals surface area contributed by atoms with Gasteiger partial charge in [0.1, 0.15) is 11.9 Å². The van der Waals surface area contributed by atoms with E-state index < -0.39 is 0 Å². The molecule has 1 saturated carbocycles. The first kappa shape index (κ1) is 25.4. The van der Waals surface area contributed by atoms with Crippen molar-refractivity contribution in [2.24, 2.45) is 11.8 Å². The van der Waals surface area contributed by atoms with E-state index in [1.165, 1.54) is 0 Å². The number of anilines is 1. The summed E-state index contributed by atoms with van der Waals surface area (Å²) >= 11 is 0. The highest BCUT2D eigenvalue weighted by Gasteiger charge is 2.34. The number of aliphatic hydroxyl groups is 1. The van der Waals surface area contributed by atoms with Gasteiger partial charge in [0, 0.05) is 37.2 Å². The second-order valence-corrected chi connectivity index (χ2v) is 10.5. The van der Waals surface area contributed by atoms with Gasteiger partial charge in [0.05, 0.1) is 18.2 Å². The largest absolute Gasteiger partial charge is 0.488 e. The number of benzene rings is 2. The minimum absolute atomic E-state index is 0.0135. The second-order valence-electron chi connectivity index (χ2n) is 10.5. The number of hydrogen-bond acceptors (Lipinski definition) is 7. The lowest BCUT2D eigenvalue weighted by atomic mass is 9.99. The molecule has 2 N–H and O–H groups in total. The van der Waals surface area contributed by atoms with E-state index in [9.17, 15) is 14.7 Å². The zero-order valence-corrected chi connectivity index (χ0v) is 21.6. The number of nitrogens with one attached hydrogen (secondary N) is 1. The molecular weight excluding hydrogens is 474 g/mol. The van der Waals surface area contributed by atoms with Crippen LogP contribution in [0, 0.1) is 11.8 Å². The molecule has 2 amide bonds. The van der Waals surface area contributed by atoms with Gasteiger partial charge in [0.25, 0.3) is 5.91 Å². The second kappa shape index (κ2) is 10.6. The fraction of sp³-hybridized carbons (Fsp3) is 0.500. The van der Waals surface area contributed by atoms with Crippen molar-refractivity contribution in [3.8, 4) is 17.2 Å². The number of ether oxygens (including phenoxy) is 3. The smallest absolute Gasteiger partial charge is 0.258 e. The summed E-state index contributed by atoms with van der Waals surface area (Å²) in [5.74, 6) is 1.85. The lowest BCUT2D eigenvalue weighted by molar-refractivity contribution is -0.117. The Labute approximate surface area is 217 Å². The molecule has 0 spiro atoms. The lowest BCUT2D eigenvalue weighted by Gasteiger charge is -2.38. The third-order valence-corrected chi connectivity index (χ3v) is 7.26. The van der Waals surface area contributed by atoms with E-state index in [4.69, 9.17) is 14.2 Å². The average molecular weight is 510 g/mol. The van der Waals surface area contributed by atoms with Crippen molar-refractivity contribution in [2.75, 3.05) is 38.9 Å². The Morgan fingerprint density at radius 3 is 2.68 bits per heavy atom. The molecule has 5 rings (SSSR count). The van der Waals surface area contributed by atoms with Crippen LogP contribution in [-0.2, 0) is 11.3 Å². The summed E-state index contributed by atoms with van der Waals surface area (Å²) < 4.78 is 17.4. The van der Waals surface area contributed by atoms with E-state index in [-0.39, 0.29) is 49.2 Å². The normalized spacial score (nSPS) is 21.6. The third kappa shape index (κ3) is 5.67. The Morgan fingerprint density at radius 1 is 1.16 bits per heavy atom. The van der Waals surface area contributed by atoms with Gasteiger partial charge in [-0.15, -0.1) is 0 Å². The summed E-state index contributed by atoms with van der Waals surface area (Å²) in [5, 5.41) is 12.8. The summed E-state index contributed by atoms with van der Waals surface area (Å²) in [7, 11) is 2.04. The molecule has 3 aliphatic rings. The maximum Gasteiger partial charge on any atom is 0.258 e. The average Bonchev–Trinajstić information content (AvgIpc) is 3.64. The van der Waals surface area contributed by atoms with Crippen molar-refractivity contribution in [1.29, 1.82) is 0 Å². The van der Waals surface area contributed by atoms with Gasteiger partial charge < -0.3 is 29.5 Å². The third-order valence-electron chi connectivity index (χ3n) is 7.26. The molecule has 0 aromatic heterocycles. The van der Waals surface area contributed by atoms with Gasteiger partial charge in [-0.1, -0.05) is 13.0 Å². The van der Waals surface area contributed by atoms with E-state index in [1.54, 1.807) is 23.1 Å². The van der Waals surface area contributed by atoms with Crippen LogP contribution in [0.15, 0.2) is 36.4 Å². The van der Waals surface area contributed by atoms with E-state index >= 15 is 0 Å². The molecule has 37 heavy (non-hydrogen) atoms. The molecule has 2 heterocycles. The van der Waals surface area contributed by atoms with Gasteiger partial charge in [-0.2, -0.15) is 0 Å². The molecule has 3 atom stereocenters. The number of rotatable bonds is 8. The lowest BCUT2D eigenvalue weighted by Crippen LogP contribution is -2.49. The highest BCUT2D eigenvalue weighted by Crippen LogP contribution is 2.34. The van der Waals surface area contributed by atoms with Crippen LogP contribution in [0.1, 0.15) is 42.6 Å². The summed E-state index contributed by atoms with van der Waals surface area (Å²) in [6, 6.07) is 10.8. The maximum atomic E-state index is 13.6. The summed E-state index contributed by atoms with van der Waals surface area (Å²) in [5.41, 5.74) is 2.07. The maximum absolute atomic E-state index is 13.6. The molecule has 1 fully saturated rings. The highest BCUT2D eigenvalue weighted by atomic mass is 16.7. The minimum Gasteiger partial charge on any atom is -0.488 e. The van der Waals surface area contributed by atoms with Gasteiger partial charge >= 0.3 is 0 Å². The van der Waals surface area contributed by atoms with Crippen LogP contribution in [0.2, 0.25) is 0 Å². The standard InChI is InChI=1S/C28H35N3O6/c1-17-12-31(18(2)15-32)28(34)22-11-21(29-27(33)20-5-6-20)7-9-23(22)37-26(17)14-30(3)13-19-4-8-24-25(10-19)36-16-35-24/h4,7-11,17-18,20,26,32H,5-6,12-16H2,1-3H3,(H,29,33)/t17-,18+,26+/m1/s1. The topological polar surface area (TPSA) is 101 Å². The van der Waals surface area contributed by atoms with E-state index in [2.05, 4.69) is 17.1 Å². The molecule has 0 bridgehead atoms. The van der Waals surface area contributed by atoms with Crippen molar-refractivity contribution in [2.45, 2.75) is 45.4 Å². The quantitative estimate of drug-likeness (QED) is 0.564. The molecule has 1 aliphatic carbocycles. The van der Waals surface area contributed by atoms with Crippen LogP contribution in [0.4, 0.5) is 5.69 Å². The summed E-state index contributed by atoms with van der Waals surface area (Å²) in [4.78, 5) is 29.8. The first-order valence-electron chi connectivity index (χ1n) is 12.9. The Hall–Kier alpha value is -3.30. The molecule has 0 unspecified atom stereocenters. The number of carbonyl (C=O) groups is 2. The van der Waals surface area contributed by atoms with Crippen LogP contribution in [0.3, 0.4) is 0 Å². The van der Waals surface area contributed by atoms with Crippen LogP contribution < -0.4 is 19.5 Å². The van der Waals surface area contributed by atoms with Crippen LogP contribution in [0.25, 0.3) is 0 Å². The number of hydrogen-bond donors (Lipinski definition) is 2. The summed E-state index contributed by atoms with van der Waals surface area (Å²) in [6.45, 7) is 5.78. The molecule has 2 aliphatic heterocycles. The Kier molecular flexibility index (Phi) is 7.26. The van der Waals surface area contributed by atoms with Crippen molar-refractivity contribution in [3.05, 3.63) is 47.5 Å². The molecular formula is C28H35N3O6. The number of nitrogens with zero attached hydrogens (tertiary/aromatic N) is 2. The van der Waals surface area contributed by atoms with Crippen molar-refractivity contribution in [1.82, 2.24) is 9.80 Å². The van der Waals surface area contributed by atoms with Crippen molar-refractivity contribution < 1.29 is 28.9 Å².